The van der Waals surface area contributed by atoms with Crippen LogP contribution < -0.4 is 10.2 Å². The molecule has 0 bridgehead atoms. The van der Waals surface area contributed by atoms with Gasteiger partial charge in [0.25, 0.3) is 0 Å². The van der Waals surface area contributed by atoms with Crippen molar-refractivity contribution in [2.75, 3.05) is 31.1 Å². The third kappa shape index (κ3) is 1.90. The van der Waals surface area contributed by atoms with Gasteiger partial charge in [0.1, 0.15) is 0 Å². The van der Waals surface area contributed by atoms with Gasteiger partial charge in [-0.25, -0.2) is 0 Å². The summed E-state index contributed by atoms with van der Waals surface area (Å²) in [5.41, 5.74) is 4.19. The highest BCUT2D eigenvalue weighted by Gasteiger charge is 2.14. The second-order valence-electron chi connectivity index (χ2n) is 4.14. The number of piperazine rings is 1. The minimum Gasteiger partial charge on any atom is -0.360 e. The second-order valence-corrected chi connectivity index (χ2v) is 4.14. The molecule has 76 valence electrons. The monoisotopic (exact) mass is 191 g/mol. The van der Waals surface area contributed by atoms with E-state index in [2.05, 4.69) is 42.3 Å². The van der Waals surface area contributed by atoms with E-state index in [1.54, 1.807) is 0 Å². The highest BCUT2D eigenvalue weighted by atomic mass is 15.2. The molecule has 2 heteroatoms. The van der Waals surface area contributed by atoms with Gasteiger partial charge in [-0.2, -0.15) is 0 Å². The summed E-state index contributed by atoms with van der Waals surface area (Å²) < 4.78 is 0. The molecule has 1 aliphatic heterocycles. The zero-order valence-corrected chi connectivity index (χ0v) is 9.09. The van der Waals surface area contributed by atoms with Gasteiger partial charge in [0, 0.05) is 5.69 Å². The van der Waals surface area contributed by atoms with Crippen molar-refractivity contribution in [3.05, 3.63) is 29.3 Å². The van der Waals surface area contributed by atoms with Crippen LogP contribution in [0, 0.1) is 13.8 Å². The Balaban J connectivity index is 2.24. The van der Waals surface area contributed by atoms with Crippen LogP contribution in [0.5, 0.6) is 0 Å². The van der Waals surface area contributed by atoms with Crippen LogP contribution in [0.4, 0.5) is 5.69 Å². The van der Waals surface area contributed by atoms with Crippen molar-refractivity contribution in [2.45, 2.75) is 13.8 Å². The molecule has 0 amide bonds. The number of nitrogens with two attached hydrogens (primary N) is 1. The summed E-state index contributed by atoms with van der Waals surface area (Å²) in [5.74, 6) is 0. The van der Waals surface area contributed by atoms with E-state index in [4.69, 9.17) is 0 Å². The van der Waals surface area contributed by atoms with E-state index in [-0.39, 0.29) is 0 Å². The minimum absolute atomic E-state index is 1.18. The van der Waals surface area contributed by atoms with Gasteiger partial charge in [0.05, 0.1) is 26.2 Å². The standard InChI is InChI=1S/C12H18N2/c1-10-3-4-11(2)12(9-10)14-7-5-13-6-8-14/h3-4,9,13H,5-8H2,1-2H3/p+1. The number of nitrogens with zero attached hydrogens (tertiary/aromatic N) is 1. The molecular weight excluding hydrogens is 172 g/mol. The van der Waals surface area contributed by atoms with Gasteiger partial charge >= 0.3 is 0 Å². The maximum atomic E-state index is 2.50. The summed E-state index contributed by atoms with van der Waals surface area (Å²) in [6, 6.07) is 6.72. The molecule has 0 saturated carbocycles. The summed E-state index contributed by atoms with van der Waals surface area (Å²) in [7, 11) is 0. The van der Waals surface area contributed by atoms with Crippen LogP contribution in [-0.4, -0.2) is 26.2 Å². The molecule has 2 nitrogen and oxygen atoms in total. The molecule has 0 aromatic heterocycles. The predicted molar refractivity (Wildman–Crippen MR) is 59.8 cm³/mol. The number of quaternary nitrogens is 1. The maximum absolute atomic E-state index is 2.50. The van der Waals surface area contributed by atoms with E-state index in [0.29, 0.717) is 0 Å². The lowest BCUT2D eigenvalue weighted by atomic mass is 10.1. The lowest BCUT2D eigenvalue weighted by Gasteiger charge is -2.28. The molecule has 2 rings (SSSR count). The average molecular weight is 191 g/mol. The Kier molecular flexibility index (Phi) is 2.73. The van der Waals surface area contributed by atoms with Crippen LogP contribution in [0.25, 0.3) is 0 Å². The molecule has 1 saturated heterocycles. The van der Waals surface area contributed by atoms with Crippen LogP contribution >= 0.6 is 0 Å². The predicted octanol–water partition coefficient (Wildman–Crippen LogP) is 0.687. The number of benzene rings is 1. The Hall–Kier alpha value is -1.02. The van der Waals surface area contributed by atoms with Crippen LogP contribution in [0.1, 0.15) is 11.1 Å². The summed E-state index contributed by atoms with van der Waals surface area (Å²) in [6.07, 6.45) is 0. The van der Waals surface area contributed by atoms with Crippen molar-refractivity contribution in [1.29, 1.82) is 0 Å². The molecule has 2 N–H and O–H groups in total. The number of aryl methyl sites for hydroxylation is 2. The van der Waals surface area contributed by atoms with Gasteiger partial charge in [-0.1, -0.05) is 12.1 Å². The third-order valence-corrected chi connectivity index (χ3v) is 2.91. The zero-order chi connectivity index (χ0) is 9.97. The molecule has 1 aliphatic rings. The summed E-state index contributed by atoms with van der Waals surface area (Å²) in [6.45, 7) is 9.20. The quantitative estimate of drug-likeness (QED) is 0.692. The number of rotatable bonds is 1. The molecular formula is C12H19N2+. The molecule has 0 atom stereocenters. The SMILES string of the molecule is Cc1ccc(C)c(N2CC[NH2+]CC2)c1. The van der Waals surface area contributed by atoms with E-state index in [0.717, 1.165) is 0 Å². The molecule has 1 aromatic carbocycles. The first-order chi connectivity index (χ1) is 6.77. The van der Waals surface area contributed by atoms with Crippen molar-refractivity contribution < 1.29 is 5.32 Å². The van der Waals surface area contributed by atoms with Crippen LogP contribution in [-0.2, 0) is 0 Å². The molecule has 1 aromatic rings. The van der Waals surface area contributed by atoms with E-state index in [9.17, 15) is 0 Å². The van der Waals surface area contributed by atoms with E-state index in [1.807, 2.05) is 0 Å². The van der Waals surface area contributed by atoms with E-state index < -0.39 is 0 Å². The van der Waals surface area contributed by atoms with Gasteiger partial charge in [0.2, 0.25) is 0 Å². The van der Waals surface area contributed by atoms with Gasteiger partial charge < -0.3 is 10.2 Å². The first-order valence-electron chi connectivity index (χ1n) is 5.41. The fourth-order valence-electron chi connectivity index (χ4n) is 2.05. The smallest absolute Gasteiger partial charge is 0.0934 e. The van der Waals surface area contributed by atoms with Gasteiger partial charge in [-0.3, -0.25) is 0 Å². The lowest BCUT2D eigenvalue weighted by Crippen LogP contribution is -2.89. The molecule has 1 heterocycles. The summed E-state index contributed by atoms with van der Waals surface area (Å²) in [4.78, 5) is 2.50. The first-order valence-corrected chi connectivity index (χ1v) is 5.41. The largest absolute Gasteiger partial charge is 0.360 e. The van der Waals surface area contributed by atoms with Crippen LogP contribution in [0.15, 0.2) is 18.2 Å². The Bertz CT molecular complexity index is 314. The molecule has 0 aliphatic carbocycles. The van der Waals surface area contributed by atoms with Crippen LogP contribution in [0.3, 0.4) is 0 Å². The molecule has 0 unspecified atom stereocenters. The maximum Gasteiger partial charge on any atom is 0.0934 e. The van der Waals surface area contributed by atoms with Crippen molar-refractivity contribution in [1.82, 2.24) is 0 Å². The van der Waals surface area contributed by atoms with Crippen molar-refractivity contribution >= 4 is 5.69 Å². The van der Waals surface area contributed by atoms with Crippen molar-refractivity contribution in [3.63, 3.8) is 0 Å². The summed E-state index contributed by atoms with van der Waals surface area (Å²) >= 11 is 0. The fourth-order valence-corrected chi connectivity index (χ4v) is 2.05. The topological polar surface area (TPSA) is 19.9 Å². The Morgan fingerprint density at radius 2 is 1.86 bits per heavy atom. The minimum atomic E-state index is 1.18. The third-order valence-electron chi connectivity index (χ3n) is 2.91. The fraction of sp³-hybridized carbons (Fsp3) is 0.500. The molecule has 14 heavy (non-hydrogen) atoms. The summed E-state index contributed by atoms with van der Waals surface area (Å²) in [5, 5.41) is 2.39. The van der Waals surface area contributed by atoms with Crippen LogP contribution in [0.2, 0.25) is 0 Å². The second kappa shape index (κ2) is 4.01. The van der Waals surface area contributed by atoms with Gasteiger partial charge in [-0.15, -0.1) is 0 Å². The first kappa shape index (κ1) is 9.53. The van der Waals surface area contributed by atoms with E-state index in [1.165, 1.54) is 43.0 Å². The Morgan fingerprint density at radius 1 is 1.14 bits per heavy atom. The highest BCUT2D eigenvalue weighted by molar-refractivity contribution is 5.55. The van der Waals surface area contributed by atoms with Crippen molar-refractivity contribution in [2.24, 2.45) is 0 Å². The van der Waals surface area contributed by atoms with E-state index >= 15 is 0 Å². The lowest BCUT2D eigenvalue weighted by molar-refractivity contribution is -0.655. The Labute approximate surface area is 85.9 Å². The molecule has 1 fully saturated rings. The average Bonchev–Trinajstić information content (AvgIpc) is 2.23. The number of anilines is 1. The number of hydrogen-bond donors (Lipinski definition) is 1. The van der Waals surface area contributed by atoms with Crippen molar-refractivity contribution in [3.8, 4) is 0 Å². The normalized spacial score (nSPS) is 17.1. The Morgan fingerprint density at radius 3 is 2.57 bits per heavy atom. The van der Waals surface area contributed by atoms with Gasteiger partial charge in [0.15, 0.2) is 0 Å². The molecule has 0 radical (unpaired) electrons. The van der Waals surface area contributed by atoms with Gasteiger partial charge in [-0.05, 0) is 31.0 Å². The zero-order valence-electron chi connectivity index (χ0n) is 9.09. The molecule has 0 spiro atoms. The number of hydrogen-bond acceptors (Lipinski definition) is 1. The highest BCUT2D eigenvalue weighted by Crippen LogP contribution is 2.21.